The predicted molar refractivity (Wildman–Crippen MR) is 273 cm³/mol. The molecular formula is C48H66N10O15S2. The predicted octanol–water partition coefficient (Wildman–Crippen LogP) is -2.77. The fourth-order valence-electron chi connectivity index (χ4n) is 7.83. The number of hydrogen-bond acceptors (Lipinski definition) is 17. The zero-order chi connectivity index (χ0) is 55.5. The molecule has 2 aliphatic rings. The van der Waals surface area contributed by atoms with Crippen LogP contribution in [0.25, 0.3) is 0 Å². The third kappa shape index (κ3) is 19.0. The van der Waals surface area contributed by atoms with Gasteiger partial charge < -0.3 is 78.4 Å². The van der Waals surface area contributed by atoms with Crippen LogP contribution in [0.5, 0.6) is 11.5 Å². The van der Waals surface area contributed by atoms with Crippen LogP contribution in [0.1, 0.15) is 64.5 Å². The number of nitrogens with zero attached hydrogens (tertiary/aromatic N) is 1. The Labute approximate surface area is 440 Å². The van der Waals surface area contributed by atoms with Gasteiger partial charge in [0.25, 0.3) is 0 Å². The minimum Gasteiger partial charge on any atom is -0.508 e. The lowest BCUT2D eigenvalue weighted by Crippen LogP contribution is -2.61. The second-order valence-corrected chi connectivity index (χ2v) is 21.1. The highest BCUT2D eigenvalue weighted by atomic mass is 33.1. The number of rotatable bonds is 10. The van der Waals surface area contributed by atoms with E-state index in [0.717, 1.165) is 21.6 Å². The van der Waals surface area contributed by atoms with Crippen molar-refractivity contribution in [1.29, 1.82) is 0 Å². The lowest BCUT2D eigenvalue weighted by molar-refractivity contribution is -0.141. The zero-order valence-corrected chi connectivity index (χ0v) is 43.4. The Morgan fingerprint density at radius 2 is 1.08 bits per heavy atom. The highest BCUT2D eigenvalue weighted by molar-refractivity contribution is 8.76. The van der Waals surface area contributed by atoms with Crippen molar-refractivity contribution in [2.45, 2.75) is 127 Å². The number of nitrogens with one attached hydrogen (secondary N) is 8. The molecular weight excluding hydrogens is 1020 g/mol. The van der Waals surface area contributed by atoms with Gasteiger partial charge in [0.2, 0.25) is 53.2 Å². The van der Waals surface area contributed by atoms with Crippen LogP contribution >= 0.6 is 21.6 Å². The average molecular weight is 1090 g/mol. The number of phenolic OH excluding ortho intramolecular Hbond substituents is 2. The summed E-state index contributed by atoms with van der Waals surface area (Å²) >= 11 is 0. The monoisotopic (exact) mass is 1090 g/mol. The van der Waals surface area contributed by atoms with Gasteiger partial charge in [-0.05, 0) is 74.4 Å². The maximum atomic E-state index is 14.2. The first kappa shape index (κ1) is 60.6. The highest BCUT2D eigenvalue weighted by Gasteiger charge is 2.39. The van der Waals surface area contributed by atoms with E-state index < -0.39 is 133 Å². The molecule has 2 aromatic rings. The van der Waals surface area contributed by atoms with E-state index in [0.29, 0.717) is 23.8 Å². The van der Waals surface area contributed by atoms with Crippen molar-refractivity contribution in [2.75, 3.05) is 24.7 Å². The number of aliphatic hydroxyl groups excluding tert-OH is 1. The third-order valence-electron chi connectivity index (χ3n) is 11.9. The summed E-state index contributed by atoms with van der Waals surface area (Å²) in [7, 11) is 2.12. The van der Waals surface area contributed by atoms with Crippen molar-refractivity contribution < 1.29 is 73.2 Å². The van der Waals surface area contributed by atoms with E-state index in [1.165, 1.54) is 67.3 Å². The lowest BCUT2D eigenvalue weighted by Gasteiger charge is -2.28. The number of carboxylic acids is 1. The smallest absolute Gasteiger partial charge is 0.305 e. The van der Waals surface area contributed by atoms with Crippen LogP contribution in [0, 0.1) is 5.92 Å². The summed E-state index contributed by atoms with van der Waals surface area (Å²) in [4.78, 5) is 149. The van der Waals surface area contributed by atoms with Crippen molar-refractivity contribution in [2.24, 2.45) is 11.7 Å². The number of carbonyl (C=O) groups is 11. The van der Waals surface area contributed by atoms with Crippen LogP contribution in [0.2, 0.25) is 0 Å². The number of phenols is 2. The summed E-state index contributed by atoms with van der Waals surface area (Å²) in [6.45, 7) is 5.17. The van der Waals surface area contributed by atoms with Gasteiger partial charge in [0.05, 0.1) is 25.1 Å². The maximum Gasteiger partial charge on any atom is 0.305 e. The minimum absolute atomic E-state index is 0.0187. The van der Waals surface area contributed by atoms with Gasteiger partial charge in [-0.2, -0.15) is 0 Å². The molecule has 2 saturated heterocycles. The van der Waals surface area contributed by atoms with Crippen molar-refractivity contribution in [3.8, 4) is 11.5 Å². The van der Waals surface area contributed by atoms with Gasteiger partial charge in [-0.1, -0.05) is 59.7 Å². The molecule has 10 atom stereocenters. The molecule has 25 nitrogen and oxygen atoms in total. The first-order valence-electron chi connectivity index (χ1n) is 24.1. The fourth-order valence-corrected chi connectivity index (χ4v) is 10.1. The Morgan fingerprint density at radius 3 is 1.57 bits per heavy atom. The van der Waals surface area contributed by atoms with Crippen LogP contribution in [-0.4, -0.2) is 176 Å². The Balaban J connectivity index is 1.68. The third-order valence-corrected chi connectivity index (χ3v) is 14.4. The molecule has 2 aliphatic heterocycles. The van der Waals surface area contributed by atoms with E-state index in [-0.39, 0.29) is 61.2 Å². The minimum atomic E-state index is -1.75. The standard InChI is InChI=1S/C48H66N10O15S2/c1-24(2)16-33-43(68)56-36(19-39(63)64)42(67)52-29(20-59)22-74-75-23-32(49)48(73)58-15-5-6-38(58)47(72)51-26(4)41(66)54-35(18-28-9-13-31(62)14-10-28)45(70)57-37(21-60)46(71)50-25(3)40(65)53-34(44(69)55-33)17-27-7-11-30(61)12-8-27/h7-14,20,24-26,29,32-38,60-62H,5-6,15-19,21-23,49H2,1-4H3,(H,50,71)(H,51,72)(H,52,67)(H,53,65)(H,54,66)(H,55,69)(H,56,68)(H,57,70)(H,63,64)/t25?,26-,29+,32-,33-,34-,35-,36-,37-,38-/m0/s1. The molecule has 9 amide bonds. The molecule has 0 bridgehead atoms. The van der Waals surface area contributed by atoms with Gasteiger partial charge in [0.15, 0.2) is 0 Å². The van der Waals surface area contributed by atoms with E-state index in [2.05, 4.69) is 42.5 Å². The zero-order valence-electron chi connectivity index (χ0n) is 41.7. The van der Waals surface area contributed by atoms with Gasteiger partial charge in [-0.15, -0.1) is 0 Å². The molecule has 2 fully saturated rings. The maximum absolute atomic E-state index is 14.2. The lowest BCUT2D eigenvalue weighted by atomic mass is 10.00. The van der Waals surface area contributed by atoms with Crippen LogP contribution in [-0.2, 0) is 65.6 Å². The average Bonchev–Trinajstić information content (AvgIpc) is 3.86. The molecule has 14 N–H and O–H groups in total. The van der Waals surface area contributed by atoms with Crippen LogP contribution in [0.15, 0.2) is 48.5 Å². The number of hydrogen-bond donors (Lipinski definition) is 13. The molecule has 2 aromatic carbocycles. The number of aliphatic hydroxyl groups is 1. The topological polar surface area (TPSA) is 394 Å². The van der Waals surface area contributed by atoms with E-state index >= 15 is 0 Å². The normalized spacial score (nSPS) is 27.1. The number of carbonyl (C=O) groups excluding carboxylic acids is 10. The summed E-state index contributed by atoms with van der Waals surface area (Å²) in [6, 6.07) is -2.80. The highest BCUT2D eigenvalue weighted by Crippen LogP contribution is 2.25. The Bertz CT molecular complexity index is 2380. The molecule has 0 aliphatic carbocycles. The molecule has 75 heavy (non-hydrogen) atoms. The van der Waals surface area contributed by atoms with Crippen molar-refractivity contribution in [3.05, 3.63) is 59.7 Å². The van der Waals surface area contributed by atoms with Crippen LogP contribution < -0.4 is 48.3 Å². The molecule has 1 unspecified atom stereocenters. The molecule has 0 aromatic heterocycles. The summed E-state index contributed by atoms with van der Waals surface area (Å²) in [6.07, 6.45) is -0.397. The molecule has 0 radical (unpaired) electrons. The summed E-state index contributed by atoms with van der Waals surface area (Å²) in [5, 5.41) is 59.5. The van der Waals surface area contributed by atoms with Crippen molar-refractivity contribution in [3.63, 3.8) is 0 Å². The molecule has 27 heteroatoms. The molecule has 2 heterocycles. The molecule has 0 spiro atoms. The Hall–Kier alpha value is -6.97. The number of carboxylic acid groups (broad SMARTS) is 1. The first-order chi connectivity index (χ1) is 35.5. The summed E-state index contributed by atoms with van der Waals surface area (Å²) in [5.74, 6) is -10.2. The number of nitrogens with two attached hydrogens (primary N) is 1. The largest absolute Gasteiger partial charge is 0.508 e. The van der Waals surface area contributed by atoms with Crippen LogP contribution in [0.4, 0.5) is 0 Å². The Morgan fingerprint density at radius 1 is 0.640 bits per heavy atom. The number of aromatic hydroxyl groups is 2. The first-order valence-corrected chi connectivity index (χ1v) is 26.6. The Kier molecular flexibility index (Phi) is 23.6. The summed E-state index contributed by atoms with van der Waals surface area (Å²) in [5.41, 5.74) is 7.12. The van der Waals surface area contributed by atoms with Gasteiger partial charge in [0, 0.05) is 30.9 Å². The fraction of sp³-hybridized carbons (Fsp3) is 0.521. The molecule has 0 saturated carbocycles. The molecule has 410 valence electrons. The second kappa shape index (κ2) is 29.2. The number of benzene rings is 2. The number of fused-ring (bicyclic) bond motifs is 1. The number of amides is 9. The van der Waals surface area contributed by atoms with E-state index in [1.807, 2.05) is 0 Å². The molecule has 4 rings (SSSR count). The van der Waals surface area contributed by atoms with E-state index in [9.17, 15) is 73.2 Å². The van der Waals surface area contributed by atoms with Gasteiger partial charge in [-0.25, -0.2) is 0 Å². The van der Waals surface area contributed by atoms with E-state index in [4.69, 9.17) is 5.73 Å². The number of aliphatic carboxylic acids is 1. The van der Waals surface area contributed by atoms with Gasteiger partial charge in [0.1, 0.15) is 66.1 Å². The van der Waals surface area contributed by atoms with Crippen LogP contribution in [0.3, 0.4) is 0 Å². The van der Waals surface area contributed by atoms with Crippen molar-refractivity contribution >= 4 is 87.0 Å². The van der Waals surface area contributed by atoms with Gasteiger partial charge in [-0.3, -0.25) is 47.9 Å². The SMILES string of the molecule is CC(C)C[C@@H]1NC(=O)[C@H](Cc2ccc(O)cc2)NC(=O)C(C)NC(=O)[C@H](CO)NC(=O)[C@H](Cc2ccc(O)cc2)NC(=O)[C@H](C)NC(=O)[C@@H]2CCCN2C(=O)[C@@H](N)CSSC[C@@H](C=O)NC(=O)[C@H](CC(=O)O)NC1=O. The summed E-state index contributed by atoms with van der Waals surface area (Å²) < 4.78 is 0. The quantitative estimate of drug-likeness (QED) is 0.0846. The van der Waals surface area contributed by atoms with E-state index in [1.54, 1.807) is 13.8 Å². The number of aldehydes is 1. The second-order valence-electron chi connectivity index (χ2n) is 18.5. The van der Waals surface area contributed by atoms with Gasteiger partial charge >= 0.3 is 5.97 Å². The van der Waals surface area contributed by atoms with Crippen molar-refractivity contribution in [1.82, 2.24) is 47.4 Å².